The Morgan fingerprint density at radius 3 is 2.58 bits per heavy atom. The molecule has 0 unspecified atom stereocenters. The fourth-order valence-electron chi connectivity index (χ4n) is 2.54. The molecular formula is C19H16N4OS2. The standard InChI is InChI=1S/C19H16N4OS2/c1-12-13(2)26-19(20-12)21-18(24)15-11-23(14-7-4-3-5-8-14)22-17(15)16-9-6-10-25-16/h3-11H,1-2H3,(H,20,21,24). The summed E-state index contributed by atoms with van der Waals surface area (Å²) in [5.74, 6) is -0.204. The molecule has 0 spiro atoms. The van der Waals surface area contributed by atoms with E-state index in [0.29, 0.717) is 16.4 Å². The lowest BCUT2D eigenvalue weighted by molar-refractivity contribution is 0.102. The topological polar surface area (TPSA) is 59.8 Å². The summed E-state index contributed by atoms with van der Waals surface area (Å²) in [5.41, 5.74) is 3.04. The quantitative estimate of drug-likeness (QED) is 0.546. The van der Waals surface area contributed by atoms with Crippen molar-refractivity contribution in [3.8, 4) is 16.3 Å². The Labute approximate surface area is 159 Å². The number of carbonyl (C=O) groups is 1. The van der Waals surface area contributed by atoms with Gasteiger partial charge in [-0.15, -0.1) is 22.7 Å². The third-order valence-corrected chi connectivity index (χ3v) is 5.85. The Bertz CT molecular complexity index is 1030. The van der Waals surface area contributed by atoms with Crippen LogP contribution in [0.5, 0.6) is 0 Å². The molecule has 0 atom stereocenters. The first kappa shape index (κ1) is 16.7. The number of thiophene rings is 1. The third-order valence-electron chi connectivity index (χ3n) is 3.98. The van der Waals surface area contributed by atoms with Crippen molar-refractivity contribution in [1.29, 1.82) is 0 Å². The van der Waals surface area contributed by atoms with Crippen molar-refractivity contribution >= 4 is 33.7 Å². The fourth-order valence-corrected chi connectivity index (χ4v) is 4.07. The SMILES string of the molecule is Cc1nc(NC(=O)c2cn(-c3ccccc3)nc2-c2cccs2)sc1C. The van der Waals surface area contributed by atoms with Gasteiger partial charge in [0.2, 0.25) is 0 Å². The highest BCUT2D eigenvalue weighted by molar-refractivity contribution is 7.15. The first-order valence-corrected chi connectivity index (χ1v) is 9.76. The molecule has 5 nitrogen and oxygen atoms in total. The predicted molar refractivity (Wildman–Crippen MR) is 106 cm³/mol. The number of nitrogens with zero attached hydrogens (tertiary/aromatic N) is 3. The number of rotatable bonds is 4. The number of thiazole rings is 1. The van der Waals surface area contributed by atoms with Crippen LogP contribution in [0.15, 0.2) is 54.0 Å². The average molecular weight is 380 g/mol. The second-order valence-electron chi connectivity index (χ2n) is 5.76. The normalized spacial score (nSPS) is 10.8. The molecule has 0 saturated carbocycles. The molecule has 3 heterocycles. The van der Waals surface area contributed by atoms with Crippen molar-refractivity contribution in [2.24, 2.45) is 0 Å². The molecule has 0 aliphatic carbocycles. The first-order valence-electron chi connectivity index (χ1n) is 8.06. The monoisotopic (exact) mass is 380 g/mol. The lowest BCUT2D eigenvalue weighted by Gasteiger charge is -2.00. The minimum atomic E-state index is -0.204. The van der Waals surface area contributed by atoms with Gasteiger partial charge in [0.15, 0.2) is 5.13 Å². The van der Waals surface area contributed by atoms with Crippen molar-refractivity contribution in [1.82, 2.24) is 14.8 Å². The molecule has 130 valence electrons. The van der Waals surface area contributed by atoms with Gasteiger partial charge in [0, 0.05) is 11.1 Å². The Balaban J connectivity index is 1.74. The van der Waals surface area contributed by atoms with E-state index in [0.717, 1.165) is 21.1 Å². The average Bonchev–Trinajstić information content (AvgIpc) is 3.36. The van der Waals surface area contributed by atoms with E-state index in [9.17, 15) is 4.79 Å². The van der Waals surface area contributed by atoms with E-state index < -0.39 is 0 Å². The van der Waals surface area contributed by atoms with E-state index in [4.69, 9.17) is 0 Å². The van der Waals surface area contributed by atoms with E-state index in [1.807, 2.05) is 61.7 Å². The number of hydrogen-bond donors (Lipinski definition) is 1. The van der Waals surface area contributed by atoms with Gasteiger partial charge in [-0.05, 0) is 37.4 Å². The van der Waals surface area contributed by atoms with Gasteiger partial charge in [0.25, 0.3) is 5.91 Å². The van der Waals surface area contributed by atoms with E-state index >= 15 is 0 Å². The number of nitrogens with one attached hydrogen (secondary N) is 1. The second kappa shape index (κ2) is 6.86. The maximum absolute atomic E-state index is 12.9. The molecule has 26 heavy (non-hydrogen) atoms. The van der Waals surface area contributed by atoms with Crippen LogP contribution < -0.4 is 5.32 Å². The molecule has 1 aromatic carbocycles. The van der Waals surface area contributed by atoms with Gasteiger partial charge in [-0.25, -0.2) is 9.67 Å². The van der Waals surface area contributed by atoms with Crippen molar-refractivity contribution in [2.75, 3.05) is 5.32 Å². The van der Waals surface area contributed by atoms with Gasteiger partial charge < -0.3 is 0 Å². The number of hydrogen-bond acceptors (Lipinski definition) is 5. The molecule has 4 aromatic rings. The molecular weight excluding hydrogens is 364 g/mol. The van der Waals surface area contributed by atoms with Crippen LogP contribution in [-0.2, 0) is 0 Å². The number of anilines is 1. The zero-order valence-electron chi connectivity index (χ0n) is 14.3. The zero-order valence-corrected chi connectivity index (χ0v) is 15.9. The lowest BCUT2D eigenvalue weighted by Crippen LogP contribution is -2.12. The minimum absolute atomic E-state index is 0.204. The summed E-state index contributed by atoms with van der Waals surface area (Å²) in [6.45, 7) is 3.93. The van der Waals surface area contributed by atoms with Gasteiger partial charge in [-0.3, -0.25) is 10.1 Å². The molecule has 0 radical (unpaired) electrons. The van der Waals surface area contributed by atoms with Crippen LogP contribution in [-0.4, -0.2) is 20.7 Å². The number of aryl methyl sites for hydroxylation is 2. The van der Waals surface area contributed by atoms with Gasteiger partial charge in [0.05, 0.1) is 21.8 Å². The molecule has 0 bridgehead atoms. The smallest absolute Gasteiger partial charge is 0.261 e. The van der Waals surface area contributed by atoms with Crippen LogP contribution in [0, 0.1) is 13.8 Å². The Morgan fingerprint density at radius 1 is 1.12 bits per heavy atom. The van der Waals surface area contributed by atoms with Crippen molar-refractivity contribution in [2.45, 2.75) is 13.8 Å². The van der Waals surface area contributed by atoms with E-state index in [1.165, 1.54) is 11.3 Å². The summed E-state index contributed by atoms with van der Waals surface area (Å²) in [5, 5.41) is 10.1. The summed E-state index contributed by atoms with van der Waals surface area (Å²) >= 11 is 3.04. The van der Waals surface area contributed by atoms with E-state index in [1.54, 1.807) is 22.2 Å². The second-order valence-corrected chi connectivity index (χ2v) is 7.91. The zero-order chi connectivity index (χ0) is 18.1. The highest BCUT2D eigenvalue weighted by Gasteiger charge is 2.20. The van der Waals surface area contributed by atoms with Gasteiger partial charge in [-0.1, -0.05) is 24.3 Å². The van der Waals surface area contributed by atoms with Crippen LogP contribution in [0.2, 0.25) is 0 Å². The summed E-state index contributed by atoms with van der Waals surface area (Å²) in [6.07, 6.45) is 1.77. The van der Waals surface area contributed by atoms with Crippen molar-refractivity contribution < 1.29 is 4.79 Å². The summed E-state index contributed by atoms with van der Waals surface area (Å²) in [4.78, 5) is 19.3. The summed E-state index contributed by atoms with van der Waals surface area (Å²) in [6, 6.07) is 13.7. The lowest BCUT2D eigenvalue weighted by atomic mass is 10.2. The predicted octanol–water partition coefficient (Wildman–Crippen LogP) is 4.93. The molecule has 3 aromatic heterocycles. The van der Waals surface area contributed by atoms with E-state index in [-0.39, 0.29) is 5.91 Å². The van der Waals surface area contributed by atoms with Crippen LogP contribution in [0.3, 0.4) is 0 Å². The Kier molecular flexibility index (Phi) is 4.40. The minimum Gasteiger partial charge on any atom is -0.298 e. The van der Waals surface area contributed by atoms with Crippen molar-refractivity contribution in [3.05, 3.63) is 70.2 Å². The van der Waals surface area contributed by atoms with Gasteiger partial charge in [-0.2, -0.15) is 5.10 Å². The van der Waals surface area contributed by atoms with E-state index in [2.05, 4.69) is 15.4 Å². The molecule has 0 saturated heterocycles. The molecule has 0 aliphatic heterocycles. The highest BCUT2D eigenvalue weighted by Crippen LogP contribution is 2.29. The Morgan fingerprint density at radius 2 is 1.92 bits per heavy atom. The van der Waals surface area contributed by atoms with Gasteiger partial charge >= 0.3 is 0 Å². The summed E-state index contributed by atoms with van der Waals surface area (Å²) in [7, 11) is 0. The largest absolute Gasteiger partial charge is 0.298 e. The molecule has 1 N–H and O–H groups in total. The molecule has 7 heteroatoms. The van der Waals surface area contributed by atoms with Crippen LogP contribution >= 0.6 is 22.7 Å². The van der Waals surface area contributed by atoms with Crippen molar-refractivity contribution in [3.63, 3.8) is 0 Å². The number of carbonyl (C=O) groups excluding carboxylic acids is 1. The number of aromatic nitrogens is 3. The fraction of sp³-hybridized carbons (Fsp3) is 0.105. The van der Waals surface area contributed by atoms with Gasteiger partial charge in [0.1, 0.15) is 5.69 Å². The third kappa shape index (κ3) is 3.18. The number of amides is 1. The number of benzene rings is 1. The molecule has 0 fully saturated rings. The van der Waals surface area contributed by atoms with Crippen LogP contribution in [0.4, 0.5) is 5.13 Å². The molecule has 0 aliphatic rings. The Hall–Kier alpha value is -2.77. The van der Waals surface area contributed by atoms with Crippen LogP contribution in [0.25, 0.3) is 16.3 Å². The maximum Gasteiger partial charge on any atom is 0.261 e. The maximum atomic E-state index is 12.9. The summed E-state index contributed by atoms with van der Waals surface area (Å²) < 4.78 is 1.74. The highest BCUT2D eigenvalue weighted by atomic mass is 32.1. The molecule has 4 rings (SSSR count). The number of para-hydroxylation sites is 1. The first-order chi connectivity index (χ1) is 12.6. The molecule has 1 amide bonds. The van der Waals surface area contributed by atoms with Crippen LogP contribution in [0.1, 0.15) is 20.9 Å².